The van der Waals surface area contributed by atoms with E-state index in [1.54, 1.807) is 99.8 Å². The van der Waals surface area contributed by atoms with E-state index in [1.165, 1.54) is 33.4 Å². The first kappa shape index (κ1) is 45.9. The first-order chi connectivity index (χ1) is 31.9. The number of hydrogen-bond acceptors (Lipinski definition) is 14. The number of fused-ring (bicyclic) bond motifs is 1. The van der Waals surface area contributed by atoms with Gasteiger partial charge < -0.3 is 28.7 Å². The molecule has 4 aromatic carbocycles. The van der Waals surface area contributed by atoms with Crippen molar-refractivity contribution in [1.29, 1.82) is 0 Å². The summed E-state index contributed by atoms with van der Waals surface area (Å²) in [5.74, 6) is -0.0512. The van der Waals surface area contributed by atoms with Gasteiger partial charge in [0.2, 0.25) is 26.7 Å². The van der Waals surface area contributed by atoms with Crippen molar-refractivity contribution in [2.45, 2.75) is 75.4 Å². The molecule has 1 unspecified atom stereocenters. The molecule has 20 heteroatoms. The van der Waals surface area contributed by atoms with Crippen LogP contribution in [0, 0.1) is 13.8 Å². The van der Waals surface area contributed by atoms with Crippen molar-refractivity contribution in [2.75, 3.05) is 39.4 Å². The average molecular weight is 932 g/mol. The number of piperidine rings is 1. The molecule has 1 N–H and O–H groups in total. The van der Waals surface area contributed by atoms with Crippen LogP contribution in [0.15, 0.2) is 88.8 Å². The summed E-state index contributed by atoms with van der Waals surface area (Å²) in [7, 11) is 0.575. The molecule has 2 aromatic heterocycles. The third-order valence-corrected chi connectivity index (χ3v) is 13.6. The second-order valence-electron chi connectivity index (χ2n) is 17.0. The Bertz CT molecular complexity index is 3050. The van der Waals surface area contributed by atoms with E-state index in [0.29, 0.717) is 56.9 Å². The van der Waals surface area contributed by atoms with Gasteiger partial charge in [0.05, 0.1) is 30.5 Å². The first-order valence-corrected chi connectivity index (χ1v) is 22.8. The fraction of sp³-hybridized carbons (Fsp3) is 0.319. The zero-order valence-electron chi connectivity index (χ0n) is 38.2. The maximum atomic E-state index is 14.1. The van der Waals surface area contributed by atoms with E-state index in [9.17, 15) is 27.6 Å². The minimum Gasteiger partial charge on any atom is -0.497 e. The van der Waals surface area contributed by atoms with E-state index in [1.807, 2.05) is 0 Å². The van der Waals surface area contributed by atoms with E-state index in [4.69, 9.17) is 18.9 Å². The molecule has 67 heavy (non-hydrogen) atoms. The van der Waals surface area contributed by atoms with Crippen molar-refractivity contribution in [3.8, 4) is 34.4 Å². The number of hydrogen-bond donors (Lipinski definition) is 1. The van der Waals surface area contributed by atoms with Crippen molar-refractivity contribution in [3.05, 3.63) is 113 Å². The van der Waals surface area contributed by atoms with Crippen LogP contribution in [-0.4, -0.2) is 107 Å². The summed E-state index contributed by atoms with van der Waals surface area (Å²) in [6.45, 7) is 9.70. The molecule has 1 fully saturated rings. The zero-order valence-corrected chi connectivity index (χ0v) is 39.0. The summed E-state index contributed by atoms with van der Waals surface area (Å²) < 4.78 is 53.8. The summed E-state index contributed by atoms with van der Waals surface area (Å²) in [5.41, 5.74) is 3.81. The third kappa shape index (κ3) is 8.66. The Morgan fingerprint density at radius 1 is 0.821 bits per heavy atom. The number of methoxy groups -OCH3 is 2. The summed E-state index contributed by atoms with van der Waals surface area (Å²) in [6, 6.07) is 21.1. The molecule has 0 aliphatic carbocycles. The van der Waals surface area contributed by atoms with Crippen molar-refractivity contribution >= 4 is 39.2 Å². The number of imide groups is 1. The zero-order chi connectivity index (χ0) is 47.9. The molecule has 4 heterocycles. The molecule has 19 nitrogen and oxygen atoms in total. The summed E-state index contributed by atoms with van der Waals surface area (Å²) in [5, 5.41) is 19.0. The Morgan fingerprint density at radius 3 is 2.18 bits per heavy atom. The molecule has 2 aliphatic heterocycles. The van der Waals surface area contributed by atoms with E-state index in [2.05, 4.69) is 46.7 Å². The van der Waals surface area contributed by atoms with Crippen molar-refractivity contribution < 1.29 is 46.5 Å². The molecule has 8 rings (SSSR count). The molecule has 0 spiro atoms. The standard InChI is InChI=1S/C47H49N9O10S/c1-27-42(46(60)53(6)35-11-9-10-33-34(35)26-54(45(33)59)36-18-21-41(57)48-43(36)58)49-51-55(27)37-25-31(15-19-39(37)64-8)65-22-23-66-40-20-14-30(63-7)24-38(40)56-28(2)44(50-52-56)67(61,62)32-16-12-29(13-17-32)47(3,4)5/h9-17,19-20,24-25,36H,18,21-23,26H2,1-8H3,(H,48,57,58). The molecular formula is C47H49N9O10S. The van der Waals surface area contributed by atoms with Crippen LogP contribution in [0.3, 0.4) is 0 Å². The van der Waals surface area contributed by atoms with Gasteiger partial charge in [0, 0.05) is 49.0 Å². The van der Waals surface area contributed by atoms with Gasteiger partial charge in [-0.25, -0.2) is 17.8 Å². The number of sulfone groups is 1. The molecule has 1 saturated heterocycles. The third-order valence-electron chi connectivity index (χ3n) is 11.8. The normalized spacial score (nSPS) is 15.0. The van der Waals surface area contributed by atoms with Gasteiger partial charge in [0.15, 0.2) is 5.69 Å². The number of carbonyl (C=O) groups excluding carboxylic acids is 4. The van der Waals surface area contributed by atoms with Gasteiger partial charge in [0.25, 0.3) is 11.8 Å². The number of rotatable bonds is 14. The van der Waals surface area contributed by atoms with Gasteiger partial charge in [0.1, 0.15) is 53.6 Å². The molecule has 348 valence electrons. The Kier molecular flexibility index (Phi) is 12.3. The number of ether oxygens (including phenoxy) is 4. The highest BCUT2D eigenvalue weighted by atomic mass is 32.2. The van der Waals surface area contributed by atoms with Crippen molar-refractivity contribution in [1.82, 2.24) is 40.2 Å². The van der Waals surface area contributed by atoms with Gasteiger partial charge in [-0.2, -0.15) is 0 Å². The average Bonchev–Trinajstić information content (AvgIpc) is 4.00. The first-order valence-electron chi connectivity index (χ1n) is 21.3. The number of anilines is 1. The van der Waals surface area contributed by atoms with Gasteiger partial charge in [-0.1, -0.05) is 49.4 Å². The fourth-order valence-electron chi connectivity index (χ4n) is 8.09. The Balaban J connectivity index is 0.963. The van der Waals surface area contributed by atoms with Crippen LogP contribution in [0.4, 0.5) is 5.69 Å². The van der Waals surface area contributed by atoms with Gasteiger partial charge in [-0.05, 0) is 79.8 Å². The lowest BCUT2D eigenvalue weighted by Gasteiger charge is -2.29. The lowest BCUT2D eigenvalue weighted by Crippen LogP contribution is -2.52. The monoisotopic (exact) mass is 931 g/mol. The lowest BCUT2D eigenvalue weighted by atomic mass is 9.87. The van der Waals surface area contributed by atoms with E-state index in [0.717, 1.165) is 5.56 Å². The highest BCUT2D eigenvalue weighted by molar-refractivity contribution is 7.91. The summed E-state index contributed by atoms with van der Waals surface area (Å²) >= 11 is 0. The van der Waals surface area contributed by atoms with Crippen LogP contribution >= 0.6 is 0 Å². The van der Waals surface area contributed by atoms with Crippen LogP contribution in [0.1, 0.15) is 77.0 Å². The molecular weight excluding hydrogens is 883 g/mol. The number of nitrogens with zero attached hydrogens (tertiary/aromatic N) is 8. The highest BCUT2D eigenvalue weighted by Gasteiger charge is 2.41. The SMILES string of the molecule is COc1ccc(OCCOc2ccc(OC)c(-n3nnc(C(=O)N(C)c4cccc5c4CN(C4CCC(=O)NC4=O)C5=O)c3C)c2)c(-n2nnc(S(=O)(=O)c3ccc(C(C)(C)C)cc3)c2C)c1. The predicted molar refractivity (Wildman–Crippen MR) is 242 cm³/mol. The fourth-order valence-corrected chi connectivity index (χ4v) is 9.43. The van der Waals surface area contributed by atoms with Gasteiger partial charge >= 0.3 is 0 Å². The van der Waals surface area contributed by atoms with E-state index in [-0.39, 0.29) is 71.1 Å². The highest BCUT2D eigenvalue weighted by Crippen LogP contribution is 2.36. The second kappa shape index (κ2) is 18.0. The minimum absolute atomic E-state index is 0.0469. The molecule has 0 bridgehead atoms. The van der Waals surface area contributed by atoms with Crippen LogP contribution in [0.2, 0.25) is 0 Å². The van der Waals surface area contributed by atoms with E-state index >= 15 is 0 Å². The molecule has 6 aromatic rings. The number of nitrogens with one attached hydrogen (secondary N) is 1. The maximum absolute atomic E-state index is 14.1. The second-order valence-corrected chi connectivity index (χ2v) is 18.9. The topological polar surface area (TPSA) is 219 Å². The summed E-state index contributed by atoms with van der Waals surface area (Å²) in [4.78, 5) is 54.9. The lowest BCUT2D eigenvalue weighted by molar-refractivity contribution is -0.136. The van der Waals surface area contributed by atoms with Crippen LogP contribution in [-0.2, 0) is 31.4 Å². The van der Waals surface area contributed by atoms with Crippen molar-refractivity contribution in [3.63, 3.8) is 0 Å². The van der Waals surface area contributed by atoms with Crippen LogP contribution in [0.25, 0.3) is 11.4 Å². The number of carbonyl (C=O) groups is 4. The summed E-state index contributed by atoms with van der Waals surface area (Å²) in [6.07, 6.45) is 0.332. The Labute approximate surface area is 386 Å². The molecule has 0 radical (unpaired) electrons. The molecule has 0 saturated carbocycles. The number of amides is 4. The maximum Gasteiger partial charge on any atom is 0.280 e. The van der Waals surface area contributed by atoms with E-state index < -0.39 is 27.7 Å². The van der Waals surface area contributed by atoms with Gasteiger partial charge in [-0.3, -0.25) is 24.5 Å². The smallest absolute Gasteiger partial charge is 0.280 e. The molecule has 1 atom stereocenters. The Hall–Kier alpha value is -7.61. The minimum atomic E-state index is -4.01. The molecule has 2 aliphatic rings. The number of aromatic nitrogens is 6. The van der Waals surface area contributed by atoms with Gasteiger partial charge in [-0.15, -0.1) is 10.2 Å². The van der Waals surface area contributed by atoms with Crippen LogP contribution < -0.4 is 29.2 Å². The quantitative estimate of drug-likeness (QED) is 0.111. The number of benzene rings is 4. The predicted octanol–water partition coefficient (Wildman–Crippen LogP) is 5.11. The largest absolute Gasteiger partial charge is 0.497 e. The molecule has 4 amide bonds. The van der Waals surface area contributed by atoms with Crippen molar-refractivity contribution in [2.24, 2.45) is 0 Å². The Morgan fingerprint density at radius 2 is 1.48 bits per heavy atom. The van der Waals surface area contributed by atoms with Crippen LogP contribution in [0.5, 0.6) is 23.0 Å².